The molecule has 1 fully saturated rings. The van der Waals surface area contributed by atoms with Crippen LogP contribution in [0, 0.1) is 11.8 Å². The fourth-order valence-corrected chi connectivity index (χ4v) is 3.25. The smallest absolute Gasteiger partial charge is 0.0976 e. The van der Waals surface area contributed by atoms with Gasteiger partial charge in [0.15, 0.2) is 0 Å². The molecular weight excluding hydrogens is 314 g/mol. The van der Waals surface area contributed by atoms with Crippen LogP contribution in [0.25, 0.3) is 0 Å². The van der Waals surface area contributed by atoms with Crippen LogP contribution in [0.1, 0.15) is 51.7 Å². The average Bonchev–Trinajstić information content (AvgIpc) is 2.41. The van der Waals surface area contributed by atoms with Gasteiger partial charge in [-0.1, -0.05) is 41.9 Å². The van der Waals surface area contributed by atoms with Crippen LogP contribution in [-0.2, 0) is 4.74 Å². The minimum absolute atomic E-state index is 0.00540. The van der Waals surface area contributed by atoms with Crippen molar-refractivity contribution in [3.05, 3.63) is 34.3 Å². The Bertz CT molecular complexity index is 418. The lowest BCUT2D eigenvalue weighted by Crippen LogP contribution is -2.34. The van der Waals surface area contributed by atoms with Gasteiger partial charge < -0.3 is 10.5 Å². The Morgan fingerprint density at radius 2 is 1.80 bits per heavy atom. The first-order valence-electron chi connectivity index (χ1n) is 7.64. The van der Waals surface area contributed by atoms with Crippen LogP contribution >= 0.6 is 15.9 Å². The molecule has 0 radical (unpaired) electrons. The number of ether oxygens (including phenoxy) is 1. The molecule has 0 spiro atoms. The van der Waals surface area contributed by atoms with E-state index in [2.05, 4.69) is 54.0 Å². The highest BCUT2D eigenvalue weighted by molar-refractivity contribution is 9.10. The Morgan fingerprint density at radius 3 is 2.35 bits per heavy atom. The van der Waals surface area contributed by atoms with Gasteiger partial charge in [-0.25, -0.2) is 0 Å². The van der Waals surface area contributed by atoms with Crippen LogP contribution in [0.5, 0.6) is 0 Å². The number of nitrogens with two attached hydrogens (primary N) is 1. The SMILES string of the molecule is CC(N)C(OC1CCC(C)C(C)C1)c1ccc(Br)cc1. The molecule has 112 valence electrons. The van der Waals surface area contributed by atoms with E-state index in [-0.39, 0.29) is 12.1 Å². The van der Waals surface area contributed by atoms with Crippen LogP contribution in [0.15, 0.2) is 28.7 Å². The molecule has 5 atom stereocenters. The summed E-state index contributed by atoms with van der Waals surface area (Å²) in [6.07, 6.45) is 3.92. The van der Waals surface area contributed by atoms with Gasteiger partial charge in [0.1, 0.15) is 0 Å². The van der Waals surface area contributed by atoms with E-state index in [0.29, 0.717) is 6.10 Å². The molecule has 2 rings (SSSR count). The van der Waals surface area contributed by atoms with Crippen LogP contribution in [-0.4, -0.2) is 12.1 Å². The Hall–Kier alpha value is -0.380. The third-order valence-corrected chi connectivity index (χ3v) is 5.09. The normalized spacial score (nSPS) is 29.9. The molecule has 20 heavy (non-hydrogen) atoms. The molecule has 0 saturated heterocycles. The van der Waals surface area contributed by atoms with E-state index < -0.39 is 0 Å². The highest BCUT2D eigenvalue weighted by Gasteiger charge is 2.28. The zero-order chi connectivity index (χ0) is 14.7. The summed E-state index contributed by atoms with van der Waals surface area (Å²) < 4.78 is 7.44. The molecule has 1 aliphatic carbocycles. The van der Waals surface area contributed by atoms with Gasteiger partial charge in [0.25, 0.3) is 0 Å². The van der Waals surface area contributed by atoms with Gasteiger partial charge >= 0.3 is 0 Å². The van der Waals surface area contributed by atoms with Crippen LogP contribution < -0.4 is 5.73 Å². The van der Waals surface area contributed by atoms with E-state index in [0.717, 1.165) is 29.2 Å². The second kappa shape index (κ2) is 7.06. The second-order valence-electron chi connectivity index (χ2n) is 6.36. The number of hydrogen-bond acceptors (Lipinski definition) is 2. The molecule has 1 saturated carbocycles. The summed E-state index contributed by atoms with van der Waals surface area (Å²) in [4.78, 5) is 0. The second-order valence-corrected chi connectivity index (χ2v) is 7.27. The lowest BCUT2D eigenvalue weighted by molar-refractivity contribution is -0.0568. The number of halogens is 1. The molecule has 3 heteroatoms. The summed E-state index contributed by atoms with van der Waals surface area (Å²) in [7, 11) is 0. The highest BCUT2D eigenvalue weighted by Crippen LogP contribution is 2.34. The molecule has 0 aromatic heterocycles. The summed E-state index contributed by atoms with van der Waals surface area (Å²) in [5.74, 6) is 1.56. The lowest BCUT2D eigenvalue weighted by atomic mass is 9.80. The first-order valence-corrected chi connectivity index (χ1v) is 8.43. The minimum Gasteiger partial charge on any atom is -0.369 e. The molecule has 1 aromatic carbocycles. The van der Waals surface area contributed by atoms with Gasteiger partial charge in [-0.15, -0.1) is 0 Å². The number of rotatable bonds is 4. The molecule has 5 unspecified atom stereocenters. The Kier molecular flexibility index (Phi) is 5.65. The third kappa shape index (κ3) is 4.06. The number of hydrogen-bond donors (Lipinski definition) is 1. The summed E-state index contributed by atoms with van der Waals surface area (Å²) in [6.45, 7) is 6.71. The summed E-state index contributed by atoms with van der Waals surface area (Å²) in [5, 5.41) is 0. The van der Waals surface area contributed by atoms with Crippen molar-refractivity contribution in [1.29, 1.82) is 0 Å². The van der Waals surface area contributed by atoms with Crippen molar-refractivity contribution in [3.8, 4) is 0 Å². The minimum atomic E-state index is -0.00583. The van der Waals surface area contributed by atoms with E-state index in [1.807, 2.05) is 6.92 Å². The predicted molar refractivity (Wildman–Crippen MR) is 87.6 cm³/mol. The van der Waals surface area contributed by atoms with Gasteiger partial charge in [0.2, 0.25) is 0 Å². The average molecular weight is 340 g/mol. The van der Waals surface area contributed by atoms with E-state index in [1.165, 1.54) is 12.0 Å². The van der Waals surface area contributed by atoms with Crippen LogP contribution in [0.3, 0.4) is 0 Å². The Balaban J connectivity index is 2.04. The molecule has 0 amide bonds. The standard InChI is InChI=1S/C17H26BrNO/c1-11-4-9-16(10-12(11)2)20-17(13(3)19)14-5-7-15(18)8-6-14/h5-8,11-13,16-17H,4,9-10,19H2,1-3H3. The van der Waals surface area contributed by atoms with Crippen molar-refractivity contribution in [1.82, 2.24) is 0 Å². The summed E-state index contributed by atoms with van der Waals surface area (Å²) in [5.41, 5.74) is 7.32. The van der Waals surface area contributed by atoms with Crippen molar-refractivity contribution in [2.75, 3.05) is 0 Å². The zero-order valence-corrected chi connectivity index (χ0v) is 14.3. The molecule has 0 heterocycles. The topological polar surface area (TPSA) is 35.2 Å². The van der Waals surface area contributed by atoms with Crippen molar-refractivity contribution in [3.63, 3.8) is 0 Å². The van der Waals surface area contributed by atoms with Gasteiger partial charge in [0.05, 0.1) is 12.2 Å². The maximum Gasteiger partial charge on any atom is 0.0976 e. The van der Waals surface area contributed by atoms with E-state index in [1.54, 1.807) is 0 Å². The predicted octanol–water partition coefficient (Wildman–Crippen LogP) is 4.68. The fourth-order valence-electron chi connectivity index (χ4n) is 2.99. The van der Waals surface area contributed by atoms with Gasteiger partial charge in [-0.05, 0) is 55.7 Å². The summed E-state index contributed by atoms with van der Waals surface area (Å²) in [6, 6.07) is 8.32. The van der Waals surface area contributed by atoms with Gasteiger partial charge in [-0.3, -0.25) is 0 Å². The molecule has 0 bridgehead atoms. The number of benzene rings is 1. The van der Waals surface area contributed by atoms with Crippen LogP contribution in [0.2, 0.25) is 0 Å². The molecular formula is C17H26BrNO. The maximum atomic E-state index is 6.36. The first-order chi connectivity index (χ1) is 9.47. The lowest BCUT2D eigenvalue weighted by Gasteiger charge is -2.35. The molecule has 1 aromatic rings. The van der Waals surface area contributed by atoms with E-state index in [9.17, 15) is 0 Å². The zero-order valence-electron chi connectivity index (χ0n) is 12.7. The van der Waals surface area contributed by atoms with Crippen molar-refractivity contribution in [2.45, 2.75) is 58.3 Å². The Labute approximate surface area is 131 Å². The van der Waals surface area contributed by atoms with Crippen molar-refractivity contribution < 1.29 is 4.74 Å². The van der Waals surface area contributed by atoms with Crippen LogP contribution in [0.4, 0.5) is 0 Å². The third-order valence-electron chi connectivity index (χ3n) is 4.57. The van der Waals surface area contributed by atoms with Crippen molar-refractivity contribution in [2.24, 2.45) is 17.6 Å². The fraction of sp³-hybridized carbons (Fsp3) is 0.647. The Morgan fingerprint density at radius 1 is 1.15 bits per heavy atom. The first kappa shape index (κ1) is 16.0. The van der Waals surface area contributed by atoms with E-state index in [4.69, 9.17) is 10.5 Å². The molecule has 2 N–H and O–H groups in total. The molecule has 1 aliphatic rings. The maximum absolute atomic E-state index is 6.36. The van der Waals surface area contributed by atoms with Gasteiger partial charge in [0, 0.05) is 10.5 Å². The highest BCUT2D eigenvalue weighted by atomic mass is 79.9. The van der Waals surface area contributed by atoms with Crippen molar-refractivity contribution >= 4 is 15.9 Å². The molecule has 2 nitrogen and oxygen atoms in total. The monoisotopic (exact) mass is 339 g/mol. The quantitative estimate of drug-likeness (QED) is 0.864. The van der Waals surface area contributed by atoms with Gasteiger partial charge in [-0.2, -0.15) is 0 Å². The summed E-state index contributed by atoms with van der Waals surface area (Å²) >= 11 is 3.47. The largest absolute Gasteiger partial charge is 0.369 e. The van der Waals surface area contributed by atoms with E-state index >= 15 is 0 Å². The molecule has 0 aliphatic heterocycles.